The molecule has 0 aliphatic heterocycles. The Morgan fingerprint density at radius 3 is 2.93 bits per heavy atom. The zero-order chi connectivity index (χ0) is 10.1. The van der Waals surface area contributed by atoms with Crippen LogP contribution in [-0.4, -0.2) is 12.1 Å². The Bertz CT molecular complexity index is 483. The van der Waals surface area contributed by atoms with Crippen molar-refractivity contribution in [3.63, 3.8) is 0 Å². The molecule has 0 spiro atoms. The molecule has 0 N–H and O–H groups in total. The first kappa shape index (κ1) is 8.74. The molecule has 0 aliphatic carbocycles. The molecule has 0 radical (unpaired) electrons. The number of methoxy groups -OCH3 is 1. The Kier molecular flexibility index (Phi) is 1.96. The number of hydrogen-bond donors (Lipinski definition) is 0. The van der Waals surface area contributed by atoms with E-state index in [0.29, 0.717) is 11.4 Å². The van der Waals surface area contributed by atoms with Gasteiger partial charge in [-0.3, -0.25) is 0 Å². The molecule has 0 aliphatic rings. The predicted octanol–water partition coefficient (Wildman–Crippen LogP) is 1.19. The fourth-order valence-electron chi connectivity index (χ4n) is 1.43. The number of benzene rings is 1. The fourth-order valence-corrected chi connectivity index (χ4v) is 1.43. The Morgan fingerprint density at radius 2 is 2.21 bits per heavy atom. The Balaban J connectivity index is 2.86. The highest BCUT2D eigenvalue weighted by molar-refractivity contribution is 5.85. The molecule has 2 aromatic rings. The van der Waals surface area contributed by atoms with Gasteiger partial charge in [-0.15, -0.1) is 0 Å². The number of para-hydroxylation sites is 1. The van der Waals surface area contributed by atoms with Gasteiger partial charge >= 0.3 is 0 Å². The van der Waals surface area contributed by atoms with Crippen LogP contribution >= 0.6 is 0 Å². The average Bonchev–Trinajstić information content (AvgIpc) is 2.23. The molecule has 0 fully saturated rings. The second-order valence-electron chi connectivity index (χ2n) is 3.01. The summed E-state index contributed by atoms with van der Waals surface area (Å²) in [5, 5.41) is 12.1. The Morgan fingerprint density at radius 1 is 1.43 bits per heavy atom. The lowest BCUT2D eigenvalue weighted by Gasteiger charge is -2.07. The quantitative estimate of drug-likeness (QED) is 0.501. The maximum Gasteiger partial charge on any atom is 0.290 e. The highest BCUT2D eigenvalue weighted by Crippen LogP contribution is 2.23. The number of fused-ring (bicyclic) bond motifs is 1. The number of hydrogen-bond acceptors (Lipinski definition) is 3. The highest BCUT2D eigenvalue weighted by Gasteiger charge is 2.11. The number of nitrogens with zero attached hydrogens (tertiary/aromatic N) is 2. The molecule has 0 saturated carbocycles. The number of rotatable bonds is 1. The Labute approximate surface area is 81.4 Å². The van der Waals surface area contributed by atoms with Crippen LogP contribution in [0, 0.1) is 12.1 Å². The van der Waals surface area contributed by atoms with E-state index >= 15 is 0 Å². The standard InChI is InChI=1S/C10H10N2O2/c1-7-8-4-3-5-9(14-2)10(8)11-6-12(7)13/h3-6H,1-2H3. The summed E-state index contributed by atoms with van der Waals surface area (Å²) in [7, 11) is 1.59. The van der Waals surface area contributed by atoms with Gasteiger partial charge in [0.05, 0.1) is 12.5 Å². The van der Waals surface area contributed by atoms with Crippen molar-refractivity contribution in [1.82, 2.24) is 4.98 Å². The zero-order valence-electron chi connectivity index (χ0n) is 8.02. The van der Waals surface area contributed by atoms with E-state index in [1.807, 2.05) is 18.2 Å². The summed E-state index contributed by atoms with van der Waals surface area (Å²) in [5.41, 5.74) is 1.36. The van der Waals surface area contributed by atoms with Gasteiger partial charge in [-0.25, -0.2) is 4.73 Å². The molecule has 0 saturated heterocycles. The molecule has 0 atom stereocenters. The van der Waals surface area contributed by atoms with Crippen LogP contribution in [-0.2, 0) is 0 Å². The first-order valence-corrected chi connectivity index (χ1v) is 4.25. The van der Waals surface area contributed by atoms with Gasteiger partial charge in [-0.2, -0.15) is 0 Å². The van der Waals surface area contributed by atoms with Crippen LogP contribution in [0.5, 0.6) is 5.75 Å². The first-order valence-electron chi connectivity index (χ1n) is 4.25. The van der Waals surface area contributed by atoms with Crippen molar-refractivity contribution in [2.45, 2.75) is 6.92 Å². The SMILES string of the molecule is COc1cccc2c(C)[n+]([O-])cnc12. The van der Waals surface area contributed by atoms with Crippen LogP contribution < -0.4 is 9.47 Å². The van der Waals surface area contributed by atoms with Crippen molar-refractivity contribution in [2.24, 2.45) is 0 Å². The lowest BCUT2D eigenvalue weighted by Crippen LogP contribution is -2.30. The van der Waals surface area contributed by atoms with Crippen LogP contribution in [0.2, 0.25) is 0 Å². The molecular formula is C10H10N2O2. The lowest BCUT2D eigenvalue weighted by molar-refractivity contribution is -0.613. The molecule has 72 valence electrons. The van der Waals surface area contributed by atoms with E-state index in [-0.39, 0.29) is 0 Å². The van der Waals surface area contributed by atoms with E-state index in [1.165, 1.54) is 6.33 Å². The third-order valence-electron chi connectivity index (χ3n) is 2.23. The van der Waals surface area contributed by atoms with Gasteiger partial charge in [-0.05, 0) is 24.0 Å². The highest BCUT2D eigenvalue weighted by atomic mass is 16.5. The fraction of sp³-hybridized carbons (Fsp3) is 0.200. The maximum absolute atomic E-state index is 11.2. The molecule has 0 unspecified atom stereocenters. The van der Waals surface area contributed by atoms with Crippen LogP contribution in [0.25, 0.3) is 10.9 Å². The normalized spacial score (nSPS) is 10.4. The topological polar surface area (TPSA) is 49.1 Å². The molecule has 0 bridgehead atoms. The van der Waals surface area contributed by atoms with Crippen molar-refractivity contribution in [3.8, 4) is 5.75 Å². The van der Waals surface area contributed by atoms with Crippen molar-refractivity contribution in [1.29, 1.82) is 0 Å². The molecular weight excluding hydrogens is 180 g/mol. The minimum atomic E-state index is 0.633. The minimum Gasteiger partial charge on any atom is -0.711 e. The zero-order valence-corrected chi connectivity index (χ0v) is 8.02. The second kappa shape index (κ2) is 3.14. The van der Waals surface area contributed by atoms with Gasteiger partial charge in [0, 0.05) is 0 Å². The van der Waals surface area contributed by atoms with Crippen molar-refractivity contribution in [3.05, 3.63) is 35.4 Å². The van der Waals surface area contributed by atoms with Crippen molar-refractivity contribution >= 4 is 10.9 Å². The number of aryl methyl sites for hydroxylation is 1. The number of aromatic nitrogens is 2. The third kappa shape index (κ3) is 1.16. The summed E-state index contributed by atoms with van der Waals surface area (Å²) >= 11 is 0. The van der Waals surface area contributed by atoms with Gasteiger partial charge in [-0.1, -0.05) is 6.07 Å². The van der Waals surface area contributed by atoms with Crippen LogP contribution in [0.3, 0.4) is 0 Å². The molecule has 4 heteroatoms. The molecule has 1 aromatic carbocycles. The van der Waals surface area contributed by atoms with Crippen LogP contribution in [0.1, 0.15) is 5.69 Å². The summed E-state index contributed by atoms with van der Waals surface area (Å²) < 4.78 is 5.90. The molecule has 1 heterocycles. The maximum atomic E-state index is 11.2. The summed E-state index contributed by atoms with van der Waals surface area (Å²) in [6.45, 7) is 1.76. The van der Waals surface area contributed by atoms with Gasteiger partial charge in [0.15, 0.2) is 5.75 Å². The largest absolute Gasteiger partial charge is 0.711 e. The summed E-state index contributed by atoms with van der Waals surface area (Å²) in [6.07, 6.45) is 1.25. The van der Waals surface area contributed by atoms with E-state index in [2.05, 4.69) is 4.98 Å². The molecule has 1 aromatic heterocycles. The molecule has 2 rings (SSSR count). The molecule has 4 nitrogen and oxygen atoms in total. The summed E-state index contributed by atoms with van der Waals surface area (Å²) in [5.74, 6) is 0.686. The van der Waals surface area contributed by atoms with Gasteiger partial charge in [0.25, 0.3) is 6.33 Å². The van der Waals surface area contributed by atoms with Gasteiger partial charge in [0.1, 0.15) is 5.69 Å². The smallest absolute Gasteiger partial charge is 0.290 e. The van der Waals surface area contributed by atoms with Gasteiger partial charge in [0.2, 0.25) is 5.52 Å². The van der Waals surface area contributed by atoms with Gasteiger partial charge < -0.3 is 9.94 Å². The average molecular weight is 190 g/mol. The molecule has 0 amide bonds. The van der Waals surface area contributed by atoms with E-state index in [1.54, 1.807) is 14.0 Å². The van der Waals surface area contributed by atoms with E-state index in [9.17, 15) is 5.21 Å². The van der Waals surface area contributed by atoms with E-state index in [4.69, 9.17) is 4.74 Å². The monoisotopic (exact) mass is 190 g/mol. The molecule has 14 heavy (non-hydrogen) atoms. The van der Waals surface area contributed by atoms with Crippen LogP contribution in [0.4, 0.5) is 0 Å². The minimum absolute atomic E-state index is 0.633. The first-order chi connectivity index (χ1) is 6.74. The van der Waals surface area contributed by atoms with Crippen molar-refractivity contribution in [2.75, 3.05) is 7.11 Å². The summed E-state index contributed by atoms with van der Waals surface area (Å²) in [4.78, 5) is 4.04. The number of ether oxygens (including phenoxy) is 1. The van der Waals surface area contributed by atoms with Crippen molar-refractivity contribution < 1.29 is 9.47 Å². The summed E-state index contributed by atoms with van der Waals surface area (Å²) in [6, 6.07) is 5.52. The third-order valence-corrected chi connectivity index (χ3v) is 2.23. The van der Waals surface area contributed by atoms with E-state index < -0.39 is 0 Å². The van der Waals surface area contributed by atoms with E-state index in [0.717, 1.165) is 15.6 Å². The second-order valence-corrected chi connectivity index (χ2v) is 3.01. The Hall–Kier alpha value is -1.84. The van der Waals surface area contributed by atoms with Crippen LogP contribution in [0.15, 0.2) is 24.5 Å². The predicted molar refractivity (Wildman–Crippen MR) is 52.0 cm³/mol. The lowest BCUT2D eigenvalue weighted by atomic mass is 10.2.